The summed E-state index contributed by atoms with van der Waals surface area (Å²) in [6.45, 7) is 0. The van der Waals surface area contributed by atoms with Crippen LogP contribution in [0.25, 0.3) is 0 Å². The number of rotatable bonds is 3. The van der Waals surface area contributed by atoms with Crippen LogP contribution in [-0.4, -0.2) is 6.04 Å². The third kappa shape index (κ3) is 2.63. The molecule has 1 saturated carbocycles. The van der Waals surface area contributed by atoms with Gasteiger partial charge in [0.15, 0.2) is 0 Å². The van der Waals surface area contributed by atoms with Gasteiger partial charge in [-0.1, -0.05) is 29.8 Å². The van der Waals surface area contributed by atoms with Gasteiger partial charge >= 0.3 is 0 Å². The van der Waals surface area contributed by atoms with Crippen molar-refractivity contribution in [3.63, 3.8) is 0 Å². The number of nitrogens with one attached hydrogen (secondary N) is 1. The van der Waals surface area contributed by atoms with Gasteiger partial charge < -0.3 is 5.32 Å². The number of benzene rings is 2. The molecule has 0 aromatic heterocycles. The van der Waals surface area contributed by atoms with Crippen LogP contribution in [0.15, 0.2) is 42.5 Å². The lowest BCUT2D eigenvalue weighted by molar-refractivity contribution is 0.363. The Balaban J connectivity index is 1.62. The molecule has 0 saturated heterocycles. The molecule has 104 valence electrons. The molecular weight excluding hydrogens is 280 g/mol. The summed E-state index contributed by atoms with van der Waals surface area (Å²) in [5.41, 5.74) is 1.50. The molecule has 0 bridgehead atoms. The quantitative estimate of drug-likeness (QED) is 0.842. The Hall–Kier alpha value is -1.61. The molecule has 0 radical (unpaired) electrons. The van der Waals surface area contributed by atoms with Crippen molar-refractivity contribution in [2.45, 2.75) is 24.8 Å². The molecule has 4 heteroatoms. The lowest BCUT2D eigenvalue weighted by Gasteiger charge is -2.37. The Morgan fingerprint density at radius 1 is 1.05 bits per heavy atom. The van der Waals surface area contributed by atoms with Crippen LogP contribution in [0.5, 0.6) is 0 Å². The van der Waals surface area contributed by atoms with E-state index in [4.69, 9.17) is 11.6 Å². The number of hydrogen-bond donors (Lipinski definition) is 1. The van der Waals surface area contributed by atoms with Gasteiger partial charge in [-0.15, -0.1) is 0 Å². The first-order valence-corrected chi connectivity index (χ1v) is 6.97. The van der Waals surface area contributed by atoms with E-state index in [1.165, 1.54) is 18.2 Å². The minimum atomic E-state index is -0.349. The van der Waals surface area contributed by atoms with E-state index in [2.05, 4.69) is 5.32 Å². The average Bonchev–Trinajstić information content (AvgIpc) is 2.37. The first-order valence-electron chi connectivity index (χ1n) is 6.59. The molecule has 0 amide bonds. The fraction of sp³-hybridized carbons (Fsp3) is 0.250. The van der Waals surface area contributed by atoms with E-state index < -0.39 is 0 Å². The Bertz CT molecular complexity index is 624. The third-order valence-electron chi connectivity index (χ3n) is 3.77. The van der Waals surface area contributed by atoms with E-state index in [1.54, 1.807) is 12.1 Å². The van der Waals surface area contributed by atoms with Crippen LogP contribution in [0.3, 0.4) is 0 Å². The maximum atomic E-state index is 13.6. The van der Waals surface area contributed by atoms with Crippen LogP contribution in [0.4, 0.5) is 14.5 Å². The van der Waals surface area contributed by atoms with E-state index in [-0.39, 0.29) is 23.6 Å². The molecule has 1 nitrogen and oxygen atoms in total. The zero-order valence-electron chi connectivity index (χ0n) is 10.7. The molecule has 0 spiro atoms. The summed E-state index contributed by atoms with van der Waals surface area (Å²) in [6.07, 6.45) is 1.71. The molecule has 0 unspecified atom stereocenters. The van der Waals surface area contributed by atoms with Crippen LogP contribution in [-0.2, 0) is 0 Å². The number of halogens is 3. The van der Waals surface area contributed by atoms with Gasteiger partial charge in [0.1, 0.15) is 11.6 Å². The minimum Gasteiger partial charge on any atom is -0.381 e. The smallest absolute Gasteiger partial charge is 0.126 e. The molecule has 0 aliphatic heterocycles. The maximum Gasteiger partial charge on any atom is 0.126 e. The van der Waals surface area contributed by atoms with Crippen LogP contribution >= 0.6 is 11.6 Å². The minimum absolute atomic E-state index is 0.143. The molecule has 2 aromatic carbocycles. The molecule has 1 aliphatic rings. The summed E-state index contributed by atoms with van der Waals surface area (Å²) in [5, 5.41) is 3.65. The van der Waals surface area contributed by atoms with Gasteiger partial charge in [-0.25, -0.2) is 8.78 Å². The second kappa shape index (κ2) is 5.41. The fourth-order valence-electron chi connectivity index (χ4n) is 2.62. The molecule has 3 rings (SSSR count). The molecule has 1 fully saturated rings. The largest absolute Gasteiger partial charge is 0.381 e. The van der Waals surface area contributed by atoms with Gasteiger partial charge in [0.05, 0.1) is 10.7 Å². The summed E-state index contributed by atoms with van der Waals surface area (Å²) < 4.78 is 26.6. The van der Waals surface area contributed by atoms with E-state index >= 15 is 0 Å². The van der Waals surface area contributed by atoms with Crippen molar-refractivity contribution < 1.29 is 8.78 Å². The maximum absolute atomic E-state index is 13.6. The molecule has 0 heterocycles. The Labute approximate surface area is 121 Å². The standard InChI is InChI=1S/C16H14ClF2N/c17-14-9-11(18)5-6-16(14)20-12-7-10(8-12)13-3-1-2-4-15(13)19/h1-6,9-10,12,20H,7-8H2. The first-order chi connectivity index (χ1) is 9.63. The van der Waals surface area contributed by atoms with E-state index in [0.29, 0.717) is 5.02 Å². The van der Waals surface area contributed by atoms with Crippen molar-refractivity contribution in [2.24, 2.45) is 0 Å². The first kappa shape index (κ1) is 13.4. The van der Waals surface area contributed by atoms with Crippen molar-refractivity contribution in [1.29, 1.82) is 0 Å². The predicted molar refractivity (Wildman–Crippen MR) is 77.2 cm³/mol. The highest BCUT2D eigenvalue weighted by Gasteiger charge is 2.32. The molecule has 0 atom stereocenters. The van der Waals surface area contributed by atoms with Crippen LogP contribution in [0.2, 0.25) is 5.02 Å². The second-order valence-corrected chi connectivity index (χ2v) is 5.56. The Kier molecular flexibility index (Phi) is 3.62. The third-order valence-corrected chi connectivity index (χ3v) is 4.09. The summed E-state index contributed by atoms with van der Waals surface area (Å²) >= 11 is 5.97. The number of hydrogen-bond acceptors (Lipinski definition) is 1. The highest BCUT2D eigenvalue weighted by atomic mass is 35.5. The second-order valence-electron chi connectivity index (χ2n) is 5.16. The van der Waals surface area contributed by atoms with E-state index in [1.807, 2.05) is 12.1 Å². The summed E-state index contributed by atoms with van der Waals surface area (Å²) in [5.74, 6) is -0.248. The van der Waals surface area contributed by atoms with Crippen molar-refractivity contribution in [1.82, 2.24) is 0 Å². The van der Waals surface area contributed by atoms with Gasteiger partial charge in [-0.2, -0.15) is 0 Å². The summed E-state index contributed by atoms with van der Waals surface area (Å²) in [6, 6.07) is 11.4. The molecule has 2 aromatic rings. The van der Waals surface area contributed by atoms with Crippen LogP contribution in [0.1, 0.15) is 24.3 Å². The van der Waals surface area contributed by atoms with Gasteiger partial charge in [-0.05, 0) is 48.6 Å². The highest BCUT2D eigenvalue weighted by molar-refractivity contribution is 6.33. The predicted octanol–water partition coefficient (Wildman–Crippen LogP) is 4.98. The topological polar surface area (TPSA) is 12.0 Å². The molecule has 1 N–H and O–H groups in total. The monoisotopic (exact) mass is 293 g/mol. The lowest BCUT2D eigenvalue weighted by atomic mass is 9.75. The van der Waals surface area contributed by atoms with Gasteiger partial charge in [0.2, 0.25) is 0 Å². The molecular formula is C16H14ClF2N. The zero-order valence-corrected chi connectivity index (χ0v) is 11.5. The number of anilines is 1. The fourth-order valence-corrected chi connectivity index (χ4v) is 2.84. The van der Waals surface area contributed by atoms with Crippen molar-refractivity contribution in [2.75, 3.05) is 5.32 Å². The lowest BCUT2D eigenvalue weighted by Crippen LogP contribution is -2.34. The van der Waals surface area contributed by atoms with Crippen LogP contribution in [0, 0.1) is 11.6 Å². The van der Waals surface area contributed by atoms with Gasteiger partial charge in [0, 0.05) is 6.04 Å². The van der Waals surface area contributed by atoms with E-state index in [0.717, 1.165) is 24.1 Å². The van der Waals surface area contributed by atoms with Crippen molar-refractivity contribution >= 4 is 17.3 Å². The van der Waals surface area contributed by atoms with Crippen molar-refractivity contribution in [3.05, 3.63) is 64.7 Å². The Morgan fingerprint density at radius 2 is 1.80 bits per heavy atom. The summed E-state index contributed by atoms with van der Waals surface area (Å²) in [4.78, 5) is 0. The van der Waals surface area contributed by atoms with Gasteiger partial charge in [-0.3, -0.25) is 0 Å². The Morgan fingerprint density at radius 3 is 2.50 bits per heavy atom. The van der Waals surface area contributed by atoms with E-state index in [9.17, 15) is 8.78 Å². The SMILES string of the molecule is Fc1ccc(NC2CC(c3ccccc3F)C2)c(Cl)c1. The van der Waals surface area contributed by atoms with Gasteiger partial charge in [0.25, 0.3) is 0 Å². The van der Waals surface area contributed by atoms with Crippen LogP contribution < -0.4 is 5.32 Å². The zero-order chi connectivity index (χ0) is 14.1. The van der Waals surface area contributed by atoms with Crippen molar-refractivity contribution in [3.8, 4) is 0 Å². The average molecular weight is 294 g/mol. The highest BCUT2D eigenvalue weighted by Crippen LogP contribution is 2.40. The molecule has 1 aliphatic carbocycles. The summed E-state index contributed by atoms with van der Waals surface area (Å²) in [7, 11) is 0. The normalized spacial score (nSPS) is 21.4. The molecule has 20 heavy (non-hydrogen) atoms.